The molecule has 0 heterocycles. The van der Waals surface area contributed by atoms with Crippen LogP contribution in [0, 0.1) is 5.92 Å². The van der Waals surface area contributed by atoms with E-state index in [1.165, 1.54) is 7.05 Å². The lowest BCUT2D eigenvalue weighted by molar-refractivity contribution is -0.154. The van der Waals surface area contributed by atoms with Crippen LogP contribution in [0.4, 0.5) is 0 Å². The average Bonchev–Trinajstić information content (AvgIpc) is 2.45. The predicted octanol–water partition coefficient (Wildman–Crippen LogP) is 0.541. The van der Waals surface area contributed by atoms with Crippen LogP contribution in [0.1, 0.15) is 38.5 Å². The molecule has 2 atom stereocenters. The van der Waals surface area contributed by atoms with E-state index in [1.54, 1.807) is 7.05 Å². The predicted molar refractivity (Wildman–Crippen MR) is 75.9 cm³/mol. The number of carboxylic acids is 2. The monoisotopic (exact) mass is 300 g/mol. The number of nitrogens with one attached hydrogen (secondary N) is 1. The zero-order chi connectivity index (χ0) is 16.0. The fraction of sp³-hybridized carbons (Fsp3) is 0.786. The molecular weight excluding hydrogens is 276 g/mol. The minimum atomic E-state index is -1.34. The summed E-state index contributed by atoms with van der Waals surface area (Å²) in [5, 5.41) is 20.9. The maximum absolute atomic E-state index is 12.5. The molecule has 1 aliphatic rings. The number of carbonyl (C=O) groups excluding carboxylic acids is 1. The first-order valence-corrected chi connectivity index (χ1v) is 7.27. The van der Waals surface area contributed by atoms with Crippen molar-refractivity contribution in [2.45, 2.75) is 50.6 Å². The van der Waals surface area contributed by atoms with E-state index in [9.17, 15) is 14.4 Å². The Morgan fingerprint density at radius 2 is 1.76 bits per heavy atom. The molecule has 21 heavy (non-hydrogen) atoms. The van der Waals surface area contributed by atoms with Crippen LogP contribution < -0.4 is 5.32 Å². The largest absolute Gasteiger partial charge is 0.481 e. The molecule has 0 aliphatic heterocycles. The minimum Gasteiger partial charge on any atom is -0.481 e. The van der Waals surface area contributed by atoms with Gasteiger partial charge in [-0.15, -0.1) is 0 Å². The van der Waals surface area contributed by atoms with Gasteiger partial charge in [-0.3, -0.25) is 9.59 Å². The topological polar surface area (TPSA) is 107 Å². The van der Waals surface area contributed by atoms with Gasteiger partial charge in [0.15, 0.2) is 0 Å². The molecule has 0 aromatic rings. The lowest BCUT2D eigenvalue weighted by Gasteiger charge is -2.33. The van der Waals surface area contributed by atoms with E-state index in [2.05, 4.69) is 5.32 Å². The van der Waals surface area contributed by atoms with Crippen molar-refractivity contribution in [3.8, 4) is 0 Å². The van der Waals surface area contributed by atoms with Gasteiger partial charge in [-0.2, -0.15) is 0 Å². The highest BCUT2D eigenvalue weighted by Gasteiger charge is 2.35. The normalized spacial score (nSPS) is 18.8. The second-order valence-corrected chi connectivity index (χ2v) is 5.57. The van der Waals surface area contributed by atoms with Crippen LogP contribution in [0.25, 0.3) is 0 Å². The Labute approximate surface area is 124 Å². The molecule has 7 nitrogen and oxygen atoms in total. The molecule has 0 unspecified atom stereocenters. The average molecular weight is 300 g/mol. The number of aliphatic carboxylic acids is 2. The van der Waals surface area contributed by atoms with E-state index in [1.807, 2.05) is 0 Å². The number of hydrogen-bond acceptors (Lipinski definition) is 4. The van der Waals surface area contributed by atoms with E-state index >= 15 is 0 Å². The van der Waals surface area contributed by atoms with Crippen molar-refractivity contribution in [1.29, 1.82) is 0 Å². The first-order chi connectivity index (χ1) is 9.88. The van der Waals surface area contributed by atoms with Gasteiger partial charge in [0.05, 0.1) is 12.5 Å². The van der Waals surface area contributed by atoms with Crippen molar-refractivity contribution in [2.75, 3.05) is 14.1 Å². The fourth-order valence-corrected chi connectivity index (χ4v) is 2.96. The molecule has 0 aromatic carbocycles. The summed E-state index contributed by atoms with van der Waals surface area (Å²) < 4.78 is 0. The summed E-state index contributed by atoms with van der Waals surface area (Å²) in [6.07, 6.45) is 4.56. The molecule has 1 fully saturated rings. The number of carbonyl (C=O) groups is 3. The lowest BCUT2D eigenvalue weighted by atomic mass is 9.83. The van der Waals surface area contributed by atoms with Crippen molar-refractivity contribution in [3.05, 3.63) is 0 Å². The van der Waals surface area contributed by atoms with Crippen LogP contribution in [0.5, 0.6) is 0 Å². The number of nitrogens with zero attached hydrogens (tertiary/aromatic N) is 1. The summed E-state index contributed by atoms with van der Waals surface area (Å²) in [7, 11) is 3.04. The van der Waals surface area contributed by atoms with E-state index in [-0.39, 0.29) is 11.8 Å². The van der Waals surface area contributed by atoms with E-state index < -0.39 is 30.4 Å². The number of likely N-dealkylation sites (N-methyl/N-ethyl adjacent to an activating group) is 2. The van der Waals surface area contributed by atoms with Crippen LogP contribution in [0.2, 0.25) is 0 Å². The second-order valence-electron chi connectivity index (χ2n) is 5.57. The number of rotatable bonds is 7. The van der Waals surface area contributed by atoms with E-state index in [0.29, 0.717) is 0 Å². The molecule has 1 aliphatic carbocycles. The van der Waals surface area contributed by atoms with Gasteiger partial charge in [-0.25, -0.2) is 4.79 Å². The smallest absolute Gasteiger partial charge is 0.327 e. The van der Waals surface area contributed by atoms with E-state index in [0.717, 1.165) is 37.0 Å². The Kier molecular flexibility index (Phi) is 6.61. The highest BCUT2D eigenvalue weighted by molar-refractivity contribution is 5.89. The van der Waals surface area contributed by atoms with Crippen LogP contribution in [-0.4, -0.2) is 59.1 Å². The van der Waals surface area contributed by atoms with Gasteiger partial charge in [0, 0.05) is 7.05 Å². The minimum absolute atomic E-state index is 0.179. The first kappa shape index (κ1) is 17.4. The van der Waals surface area contributed by atoms with Gasteiger partial charge in [0.25, 0.3) is 0 Å². The van der Waals surface area contributed by atoms with Crippen molar-refractivity contribution < 1.29 is 24.6 Å². The lowest BCUT2D eigenvalue weighted by Crippen LogP contribution is -2.53. The van der Waals surface area contributed by atoms with Crippen LogP contribution in [0.3, 0.4) is 0 Å². The molecule has 3 N–H and O–H groups in total. The van der Waals surface area contributed by atoms with Crippen LogP contribution in [0.15, 0.2) is 0 Å². The summed E-state index contributed by atoms with van der Waals surface area (Å²) >= 11 is 0. The van der Waals surface area contributed by atoms with Crippen LogP contribution >= 0.6 is 0 Å². The maximum atomic E-state index is 12.5. The second kappa shape index (κ2) is 7.97. The highest BCUT2D eigenvalue weighted by Crippen LogP contribution is 2.27. The number of hydrogen-bond donors (Lipinski definition) is 3. The zero-order valence-corrected chi connectivity index (χ0v) is 12.5. The van der Waals surface area contributed by atoms with Gasteiger partial charge in [-0.1, -0.05) is 19.3 Å². The van der Waals surface area contributed by atoms with Gasteiger partial charge < -0.3 is 20.4 Å². The Bertz CT molecular complexity index is 393. The standard InChI is InChI=1S/C14H24N2O5/c1-15-12(9-6-4-3-5-7-9)13(19)16(2)10(14(20)21)8-11(17)18/h9-10,12,15H,3-8H2,1-2H3,(H,17,18)(H,20,21)/t10-,12-/m0/s1. The summed E-state index contributed by atoms with van der Waals surface area (Å²) in [5.74, 6) is -2.71. The SMILES string of the molecule is CN[C@H](C(=O)N(C)[C@@H](CC(=O)O)C(=O)O)C1CCCCC1. The third-order valence-corrected chi connectivity index (χ3v) is 4.17. The van der Waals surface area contributed by atoms with Gasteiger partial charge >= 0.3 is 11.9 Å². The summed E-state index contributed by atoms with van der Waals surface area (Å²) in [6, 6.07) is -1.79. The van der Waals surface area contributed by atoms with Crippen molar-refractivity contribution in [2.24, 2.45) is 5.92 Å². The molecule has 0 spiro atoms. The van der Waals surface area contributed by atoms with E-state index in [4.69, 9.17) is 10.2 Å². The fourth-order valence-electron chi connectivity index (χ4n) is 2.96. The zero-order valence-electron chi connectivity index (χ0n) is 12.5. The molecule has 1 amide bonds. The molecule has 0 saturated heterocycles. The van der Waals surface area contributed by atoms with Gasteiger partial charge in [-0.05, 0) is 25.8 Å². The van der Waals surface area contributed by atoms with Gasteiger partial charge in [0.2, 0.25) is 5.91 Å². The van der Waals surface area contributed by atoms with Crippen molar-refractivity contribution >= 4 is 17.8 Å². The molecule has 0 radical (unpaired) electrons. The summed E-state index contributed by atoms with van der Waals surface area (Å²) in [5.41, 5.74) is 0. The van der Waals surface area contributed by atoms with Crippen molar-refractivity contribution in [1.82, 2.24) is 10.2 Å². The Balaban J connectivity index is 2.80. The van der Waals surface area contributed by atoms with Gasteiger partial charge in [0.1, 0.15) is 6.04 Å². The molecule has 120 valence electrons. The summed E-state index contributed by atoms with van der Waals surface area (Å²) in [4.78, 5) is 35.5. The maximum Gasteiger partial charge on any atom is 0.327 e. The Morgan fingerprint density at radius 3 is 2.19 bits per heavy atom. The summed E-state index contributed by atoms with van der Waals surface area (Å²) in [6.45, 7) is 0. The molecule has 0 bridgehead atoms. The Hall–Kier alpha value is -1.63. The highest BCUT2D eigenvalue weighted by atomic mass is 16.4. The molecule has 0 aromatic heterocycles. The van der Waals surface area contributed by atoms with Crippen LogP contribution in [-0.2, 0) is 14.4 Å². The number of carboxylic acid groups (broad SMARTS) is 2. The quantitative estimate of drug-likeness (QED) is 0.633. The first-order valence-electron chi connectivity index (χ1n) is 7.27. The third kappa shape index (κ3) is 4.70. The Morgan fingerprint density at radius 1 is 1.19 bits per heavy atom. The van der Waals surface area contributed by atoms with Crippen molar-refractivity contribution in [3.63, 3.8) is 0 Å². The molecular formula is C14H24N2O5. The molecule has 1 rings (SSSR count). The third-order valence-electron chi connectivity index (χ3n) is 4.17. The number of amides is 1. The molecule has 7 heteroatoms. The molecule has 1 saturated carbocycles.